The molecule has 106 valence electrons. The first-order valence-electron chi connectivity index (χ1n) is 6.30. The fourth-order valence-corrected chi connectivity index (χ4v) is 1.51. The average molecular weight is 267 g/mol. The number of benzene rings is 1. The molecule has 1 atom stereocenters. The summed E-state index contributed by atoms with van der Waals surface area (Å²) in [4.78, 5) is 12.0. The van der Waals surface area contributed by atoms with Crippen LogP contribution in [0.5, 0.6) is 0 Å². The van der Waals surface area contributed by atoms with Gasteiger partial charge in [-0.05, 0) is 23.5 Å². The second kappa shape index (κ2) is 6.02. The van der Waals surface area contributed by atoms with E-state index < -0.39 is 5.82 Å². The molecule has 0 aliphatic heterocycles. The van der Waals surface area contributed by atoms with Gasteiger partial charge in [-0.1, -0.05) is 33.8 Å². The van der Waals surface area contributed by atoms with Crippen molar-refractivity contribution in [1.29, 1.82) is 0 Å². The first-order valence-corrected chi connectivity index (χ1v) is 6.30. The van der Waals surface area contributed by atoms with E-state index in [0.29, 0.717) is 12.5 Å². The Balaban J connectivity index is 2.77. The number of nitrogens with one attached hydrogen (secondary N) is 2. The van der Waals surface area contributed by atoms with E-state index in [1.165, 1.54) is 18.2 Å². The third-order valence-electron chi connectivity index (χ3n) is 3.45. The Bertz CT molecular complexity index is 454. The molecule has 0 saturated heterocycles. The summed E-state index contributed by atoms with van der Waals surface area (Å²) in [5, 5.41) is 2.81. The highest BCUT2D eigenvalue weighted by Crippen LogP contribution is 2.25. The predicted molar refractivity (Wildman–Crippen MR) is 75.2 cm³/mol. The Labute approximate surface area is 113 Å². The van der Waals surface area contributed by atoms with E-state index in [1.54, 1.807) is 0 Å². The van der Waals surface area contributed by atoms with Gasteiger partial charge in [0.25, 0.3) is 5.91 Å². The molecule has 0 fully saturated rings. The largest absolute Gasteiger partial charge is 0.352 e. The van der Waals surface area contributed by atoms with Gasteiger partial charge in [-0.3, -0.25) is 10.6 Å². The molecule has 0 saturated carbocycles. The van der Waals surface area contributed by atoms with E-state index in [9.17, 15) is 9.18 Å². The Morgan fingerprint density at radius 3 is 2.58 bits per heavy atom. The number of amides is 1. The number of para-hydroxylation sites is 1. The molecule has 19 heavy (non-hydrogen) atoms. The normalized spacial score (nSPS) is 12.9. The number of nitrogens with two attached hydrogens (primary N) is 1. The molecule has 1 amide bonds. The van der Waals surface area contributed by atoms with E-state index in [0.717, 1.165) is 0 Å². The third-order valence-corrected chi connectivity index (χ3v) is 3.45. The standard InChI is InChI=1S/C14H22FN3O/c1-9(14(2,3)4)8-17-13(19)10-6-5-7-11(15)12(10)18-16/h5-7,9,18H,8,16H2,1-4H3,(H,17,19). The van der Waals surface area contributed by atoms with E-state index in [-0.39, 0.29) is 22.6 Å². The number of carbonyl (C=O) groups excluding carboxylic acids is 1. The van der Waals surface area contributed by atoms with Crippen molar-refractivity contribution in [3.05, 3.63) is 29.6 Å². The first kappa shape index (κ1) is 15.4. The molecule has 1 aromatic rings. The maximum absolute atomic E-state index is 13.5. The van der Waals surface area contributed by atoms with Crippen LogP contribution in [0.25, 0.3) is 0 Å². The summed E-state index contributed by atoms with van der Waals surface area (Å²) in [5.74, 6) is 4.68. The van der Waals surface area contributed by atoms with E-state index in [4.69, 9.17) is 5.84 Å². The lowest BCUT2D eigenvalue weighted by Gasteiger charge is -2.27. The van der Waals surface area contributed by atoms with E-state index in [2.05, 4.69) is 38.4 Å². The Morgan fingerprint density at radius 2 is 2.05 bits per heavy atom. The second-order valence-corrected chi connectivity index (χ2v) is 5.78. The maximum Gasteiger partial charge on any atom is 0.253 e. The van der Waals surface area contributed by atoms with Crippen LogP contribution in [0.2, 0.25) is 0 Å². The fourth-order valence-electron chi connectivity index (χ4n) is 1.51. The van der Waals surface area contributed by atoms with Gasteiger partial charge in [0, 0.05) is 6.54 Å². The summed E-state index contributed by atoms with van der Waals surface area (Å²) < 4.78 is 13.5. The quantitative estimate of drug-likeness (QED) is 0.580. The fraction of sp³-hybridized carbons (Fsp3) is 0.500. The van der Waals surface area contributed by atoms with Crippen LogP contribution in [0.3, 0.4) is 0 Å². The molecule has 0 aliphatic carbocycles. The highest BCUT2D eigenvalue weighted by molar-refractivity contribution is 5.99. The minimum Gasteiger partial charge on any atom is -0.352 e. The summed E-state index contributed by atoms with van der Waals surface area (Å²) in [7, 11) is 0. The number of halogens is 1. The van der Waals surface area contributed by atoms with Gasteiger partial charge < -0.3 is 10.7 Å². The molecule has 1 rings (SSSR count). The number of anilines is 1. The van der Waals surface area contributed by atoms with Gasteiger partial charge >= 0.3 is 0 Å². The number of hydrogen-bond donors (Lipinski definition) is 3. The second-order valence-electron chi connectivity index (χ2n) is 5.78. The molecule has 0 bridgehead atoms. The van der Waals surface area contributed by atoms with Crippen LogP contribution in [0.15, 0.2) is 18.2 Å². The SMILES string of the molecule is CC(CNC(=O)c1cccc(F)c1NN)C(C)(C)C. The Hall–Kier alpha value is -1.62. The zero-order chi connectivity index (χ0) is 14.6. The predicted octanol–water partition coefficient (Wildman–Crippen LogP) is 2.52. The molecule has 4 N–H and O–H groups in total. The summed E-state index contributed by atoms with van der Waals surface area (Å²) in [5.41, 5.74) is 2.56. The van der Waals surface area contributed by atoms with Crippen LogP contribution in [-0.2, 0) is 0 Å². The smallest absolute Gasteiger partial charge is 0.253 e. The van der Waals surface area contributed by atoms with Gasteiger partial charge in [-0.2, -0.15) is 0 Å². The number of hydrazine groups is 1. The van der Waals surface area contributed by atoms with Crippen LogP contribution in [-0.4, -0.2) is 12.5 Å². The molecular formula is C14H22FN3O. The maximum atomic E-state index is 13.5. The number of rotatable bonds is 4. The van der Waals surface area contributed by atoms with E-state index in [1.807, 2.05) is 0 Å². The Kier molecular flexibility index (Phi) is 4.89. The molecule has 1 aromatic carbocycles. The van der Waals surface area contributed by atoms with Crippen LogP contribution in [0.1, 0.15) is 38.1 Å². The van der Waals surface area contributed by atoms with Crippen molar-refractivity contribution in [2.75, 3.05) is 12.0 Å². The van der Waals surface area contributed by atoms with E-state index >= 15 is 0 Å². The van der Waals surface area contributed by atoms with Gasteiger partial charge in [0.15, 0.2) is 0 Å². The average Bonchev–Trinajstić information content (AvgIpc) is 2.33. The lowest BCUT2D eigenvalue weighted by Crippen LogP contribution is -2.34. The van der Waals surface area contributed by atoms with Gasteiger partial charge in [-0.15, -0.1) is 0 Å². The highest BCUT2D eigenvalue weighted by Gasteiger charge is 2.21. The number of nitrogen functional groups attached to an aromatic ring is 1. The number of hydrogen-bond acceptors (Lipinski definition) is 3. The molecule has 0 heterocycles. The lowest BCUT2D eigenvalue weighted by molar-refractivity contribution is 0.0937. The molecule has 0 aliphatic rings. The van der Waals surface area contributed by atoms with Crippen molar-refractivity contribution in [3.63, 3.8) is 0 Å². The van der Waals surface area contributed by atoms with Crippen molar-refractivity contribution < 1.29 is 9.18 Å². The topological polar surface area (TPSA) is 67.2 Å². The van der Waals surface area contributed by atoms with Crippen molar-refractivity contribution >= 4 is 11.6 Å². The molecule has 0 radical (unpaired) electrons. The molecule has 1 unspecified atom stereocenters. The monoisotopic (exact) mass is 267 g/mol. The minimum atomic E-state index is -0.543. The van der Waals surface area contributed by atoms with Crippen molar-refractivity contribution in [2.45, 2.75) is 27.7 Å². The summed E-state index contributed by atoms with van der Waals surface area (Å²) in [6.07, 6.45) is 0. The minimum absolute atomic E-state index is 0.0170. The number of carbonyl (C=O) groups is 1. The molecular weight excluding hydrogens is 245 g/mol. The lowest BCUT2D eigenvalue weighted by atomic mass is 9.82. The highest BCUT2D eigenvalue weighted by atomic mass is 19.1. The van der Waals surface area contributed by atoms with Crippen LogP contribution < -0.4 is 16.6 Å². The van der Waals surface area contributed by atoms with Gasteiger partial charge in [0.2, 0.25) is 0 Å². The third kappa shape index (κ3) is 3.92. The van der Waals surface area contributed by atoms with Crippen LogP contribution in [0, 0.1) is 17.2 Å². The van der Waals surface area contributed by atoms with Gasteiger partial charge in [0.05, 0.1) is 11.3 Å². The molecule has 0 spiro atoms. The molecule has 4 nitrogen and oxygen atoms in total. The van der Waals surface area contributed by atoms with Crippen molar-refractivity contribution in [2.24, 2.45) is 17.2 Å². The molecule has 5 heteroatoms. The zero-order valence-electron chi connectivity index (χ0n) is 11.9. The van der Waals surface area contributed by atoms with Gasteiger partial charge in [0.1, 0.15) is 5.82 Å². The Morgan fingerprint density at radius 1 is 1.42 bits per heavy atom. The summed E-state index contributed by atoms with van der Waals surface area (Å²) in [6.45, 7) is 8.92. The summed E-state index contributed by atoms with van der Waals surface area (Å²) in [6, 6.07) is 4.28. The van der Waals surface area contributed by atoms with Crippen molar-refractivity contribution in [1.82, 2.24) is 5.32 Å². The van der Waals surface area contributed by atoms with Gasteiger partial charge in [-0.25, -0.2) is 4.39 Å². The molecule has 0 aromatic heterocycles. The first-order chi connectivity index (χ1) is 8.77. The van der Waals surface area contributed by atoms with Crippen LogP contribution in [0.4, 0.5) is 10.1 Å². The van der Waals surface area contributed by atoms with Crippen LogP contribution >= 0.6 is 0 Å². The zero-order valence-corrected chi connectivity index (χ0v) is 11.9. The summed E-state index contributed by atoms with van der Waals surface area (Å²) >= 11 is 0. The van der Waals surface area contributed by atoms with Crippen molar-refractivity contribution in [3.8, 4) is 0 Å².